The van der Waals surface area contributed by atoms with Crippen molar-refractivity contribution in [2.45, 2.75) is 51.4 Å². The van der Waals surface area contributed by atoms with Crippen molar-refractivity contribution in [1.29, 1.82) is 0 Å². The molecule has 1 fully saturated rings. The maximum atomic E-state index is 9.61. The Morgan fingerprint density at radius 2 is 2.06 bits per heavy atom. The van der Waals surface area contributed by atoms with Gasteiger partial charge < -0.3 is 14.6 Å². The number of ether oxygens (including phenoxy) is 2. The van der Waals surface area contributed by atoms with Crippen LogP contribution in [0.5, 0.6) is 5.75 Å². The third-order valence-electron chi connectivity index (χ3n) is 3.56. The number of benzene rings is 1. The predicted molar refractivity (Wildman–Crippen MR) is 70.7 cm³/mol. The van der Waals surface area contributed by atoms with E-state index in [9.17, 15) is 5.11 Å². The molecular formula is C15H22O3. The van der Waals surface area contributed by atoms with E-state index in [0.29, 0.717) is 12.7 Å². The van der Waals surface area contributed by atoms with Crippen LogP contribution in [0.15, 0.2) is 18.2 Å². The van der Waals surface area contributed by atoms with E-state index in [2.05, 4.69) is 0 Å². The van der Waals surface area contributed by atoms with Gasteiger partial charge in [0.15, 0.2) is 0 Å². The molecule has 1 N–H and O–H groups in total. The Hall–Kier alpha value is -1.06. The highest BCUT2D eigenvalue weighted by atomic mass is 16.5. The van der Waals surface area contributed by atoms with Crippen molar-refractivity contribution >= 4 is 0 Å². The van der Waals surface area contributed by atoms with Gasteiger partial charge in [0.1, 0.15) is 5.75 Å². The average molecular weight is 250 g/mol. The van der Waals surface area contributed by atoms with Crippen molar-refractivity contribution in [1.82, 2.24) is 0 Å². The maximum absolute atomic E-state index is 9.61. The van der Waals surface area contributed by atoms with Crippen molar-refractivity contribution in [2.24, 2.45) is 0 Å². The minimum atomic E-state index is -0.457. The fraction of sp³-hybridized carbons (Fsp3) is 0.600. The number of hydrogen-bond donors (Lipinski definition) is 1. The molecular weight excluding hydrogens is 228 g/mol. The molecule has 0 amide bonds. The summed E-state index contributed by atoms with van der Waals surface area (Å²) in [4.78, 5) is 0. The van der Waals surface area contributed by atoms with Gasteiger partial charge in [-0.3, -0.25) is 0 Å². The smallest absolute Gasteiger partial charge is 0.124 e. The molecule has 0 aromatic heterocycles. The van der Waals surface area contributed by atoms with Gasteiger partial charge in [0.05, 0.1) is 25.9 Å². The summed E-state index contributed by atoms with van der Waals surface area (Å²) in [6.07, 6.45) is 4.81. The Bertz CT molecular complexity index is 381. The van der Waals surface area contributed by atoms with Crippen LogP contribution in [0.2, 0.25) is 0 Å². The van der Waals surface area contributed by atoms with Crippen molar-refractivity contribution in [3.63, 3.8) is 0 Å². The number of aliphatic hydroxyl groups is 1. The molecule has 0 aliphatic heterocycles. The van der Waals surface area contributed by atoms with Crippen molar-refractivity contribution < 1.29 is 14.6 Å². The lowest BCUT2D eigenvalue weighted by molar-refractivity contribution is 0.0445. The molecule has 0 bridgehead atoms. The fourth-order valence-electron chi connectivity index (χ4n) is 2.43. The number of rotatable bonds is 5. The van der Waals surface area contributed by atoms with Crippen LogP contribution in [-0.4, -0.2) is 18.3 Å². The zero-order valence-electron chi connectivity index (χ0n) is 11.2. The lowest BCUT2D eigenvalue weighted by Crippen LogP contribution is -2.08. The molecule has 3 heteroatoms. The van der Waals surface area contributed by atoms with Crippen LogP contribution in [0.25, 0.3) is 0 Å². The second kappa shape index (κ2) is 6.21. The Labute approximate surface area is 109 Å². The maximum Gasteiger partial charge on any atom is 0.124 e. The largest absolute Gasteiger partial charge is 0.496 e. The van der Waals surface area contributed by atoms with Gasteiger partial charge in [-0.25, -0.2) is 0 Å². The predicted octanol–water partition coefficient (Wildman–Crippen LogP) is 3.21. The summed E-state index contributed by atoms with van der Waals surface area (Å²) in [6.45, 7) is 2.33. The summed E-state index contributed by atoms with van der Waals surface area (Å²) in [6, 6.07) is 5.76. The van der Waals surface area contributed by atoms with Gasteiger partial charge in [0.2, 0.25) is 0 Å². The molecule has 1 aliphatic rings. The molecule has 0 spiro atoms. The fourth-order valence-corrected chi connectivity index (χ4v) is 2.43. The quantitative estimate of drug-likeness (QED) is 0.872. The molecule has 0 radical (unpaired) electrons. The molecule has 18 heavy (non-hydrogen) atoms. The average Bonchev–Trinajstić information content (AvgIpc) is 2.89. The molecule has 1 aliphatic carbocycles. The first-order valence-corrected chi connectivity index (χ1v) is 6.67. The van der Waals surface area contributed by atoms with E-state index in [0.717, 1.165) is 16.9 Å². The van der Waals surface area contributed by atoms with Gasteiger partial charge in [-0.15, -0.1) is 0 Å². The first-order valence-electron chi connectivity index (χ1n) is 6.67. The minimum Gasteiger partial charge on any atom is -0.496 e. The molecule has 3 nitrogen and oxygen atoms in total. The summed E-state index contributed by atoms with van der Waals surface area (Å²) in [7, 11) is 1.66. The van der Waals surface area contributed by atoms with E-state index in [1.54, 1.807) is 14.0 Å². The highest BCUT2D eigenvalue weighted by molar-refractivity contribution is 5.37. The Morgan fingerprint density at radius 3 is 2.67 bits per heavy atom. The first-order chi connectivity index (χ1) is 8.70. The van der Waals surface area contributed by atoms with Crippen LogP contribution < -0.4 is 4.74 Å². The standard InChI is InChI=1S/C15H22O3/c1-11(16)12-7-8-15(17-2)13(9-12)10-18-14-5-3-4-6-14/h7-9,11,14,16H,3-6,10H2,1-2H3. The monoisotopic (exact) mass is 250 g/mol. The van der Waals surface area contributed by atoms with Crippen molar-refractivity contribution in [3.8, 4) is 5.75 Å². The SMILES string of the molecule is COc1ccc(C(C)O)cc1COC1CCCC1. The van der Waals surface area contributed by atoms with Gasteiger partial charge in [-0.2, -0.15) is 0 Å². The van der Waals surface area contributed by atoms with E-state index >= 15 is 0 Å². The van der Waals surface area contributed by atoms with E-state index < -0.39 is 6.10 Å². The van der Waals surface area contributed by atoms with E-state index in [1.807, 2.05) is 18.2 Å². The van der Waals surface area contributed by atoms with Crippen LogP contribution in [0.4, 0.5) is 0 Å². The third kappa shape index (κ3) is 3.24. The molecule has 1 saturated carbocycles. The summed E-state index contributed by atoms with van der Waals surface area (Å²) in [5.74, 6) is 0.831. The number of aliphatic hydroxyl groups excluding tert-OH is 1. The normalized spacial score (nSPS) is 17.9. The van der Waals surface area contributed by atoms with Gasteiger partial charge in [-0.1, -0.05) is 18.9 Å². The Morgan fingerprint density at radius 1 is 1.33 bits per heavy atom. The van der Waals surface area contributed by atoms with Gasteiger partial charge in [0.25, 0.3) is 0 Å². The minimum absolute atomic E-state index is 0.393. The molecule has 2 rings (SSSR count). The zero-order valence-corrected chi connectivity index (χ0v) is 11.2. The third-order valence-corrected chi connectivity index (χ3v) is 3.56. The molecule has 1 unspecified atom stereocenters. The first kappa shape index (κ1) is 13.4. The van der Waals surface area contributed by atoms with Gasteiger partial charge >= 0.3 is 0 Å². The lowest BCUT2D eigenvalue weighted by atomic mass is 10.1. The van der Waals surface area contributed by atoms with Crippen LogP contribution in [-0.2, 0) is 11.3 Å². The molecule has 1 aromatic rings. The Balaban J connectivity index is 2.05. The van der Waals surface area contributed by atoms with E-state index in [1.165, 1.54) is 25.7 Å². The summed E-state index contributed by atoms with van der Waals surface area (Å²) in [5.41, 5.74) is 1.92. The number of methoxy groups -OCH3 is 1. The molecule has 0 saturated heterocycles. The second-order valence-corrected chi connectivity index (χ2v) is 4.96. The lowest BCUT2D eigenvalue weighted by Gasteiger charge is -2.15. The second-order valence-electron chi connectivity index (χ2n) is 4.96. The highest BCUT2D eigenvalue weighted by Gasteiger charge is 2.16. The van der Waals surface area contributed by atoms with Gasteiger partial charge in [0, 0.05) is 5.56 Å². The summed E-state index contributed by atoms with van der Waals surface area (Å²) in [5, 5.41) is 9.61. The summed E-state index contributed by atoms with van der Waals surface area (Å²) < 4.78 is 11.2. The summed E-state index contributed by atoms with van der Waals surface area (Å²) >= 11 is 0. The van der Waals surface area contributed by atoms with Crippen LogP contribution in [0.3, 0.4) is 0 Å². The number of hydrogen-bond acceptors (Lipinski definition) is 3. The molecule has 100 valence electrons. The Kier molecular flexibility index (Phi) is 4.61. The van der Waals surface area contributed by atoms with Crippen LogP contribution in [0, 0.1) is 0 Å². The van der Waals surface area contributed by atoms with Gasteiger partial charge in [-0.05, 0) is 37.5 Å². The zero-order chi connectivity index (χ0) is 13.0. The van der Waals surface area contributed by atoms with Crippen LogP contribution in [0.1, 0.15) is 49.8 Å². The molecule has 1 atom stereocenters. The molecule has 0 heterocycles. The van der Waals surface area contributed by atoms with Crippen molar-refractivity contribution in [3.05, 3.63) is 29.3 Å². The topological polar surface area (TPSA) is 38.7 Å². The van der Waals surface area contributed by atoms with Crippen LogP contribution >= 0.6 is 0 Å². The van der Waals surface area contributed by atoms with Crippen molar-refractivity contribution in [2.75, 3.05) is 7.11 Å². The highest BCUT2D eigenvalue weighted by Crippen LogP contribution is 2.27. The molecule has 1 aromatic carbocycles. The van der Waals surface area contributed by atoms with E-state index in [4.69, 9.17) is 9.47 Å². The van der Waals surface area contributed by atoms with E-state index in [-0.39, 0.29) is 0 Å².